The minimum absolute atomic E-state index is 0.00668. The molecule has 6 nitrogen and oxygen atoms in total. The third kappa shape index (κ3) is 2.08. The van der Waals surface area contributed by atoms with Crippen LogP contribution >= 0.6 is 0 Å². The van der Waals surface area contributed by atoms with Crippen LogP contribution in [0.4, 0.5) is 11.5 Å². The number of aromatic amines is 1. The molecule has 1 aliphatic carbocycles. The molecule has 1 aliphatic rings. The Kier molecular flexibility index (Phi) is 3.30. The fourth-order valence-corrected chi connectivity index (χ4v) is 2.30. The Morgan fingerprint density at radius 1 is 1.67 bits per heavy atom. The van der Waals surface area contributed by atoms with Crippen molar-refractivity contribution < 1.29 is 4.74 Å². The maximum absolute atomic E-state index is 11.4. The van der Waals surface area contributed by atoms with Crippen molar-refractivity contribution in [1.29, 1.82) is 0 Å². The highest BCUT2D eigenvalue weighted by Crippen LogP contribution is 2.44. The van der Waals surface area contributed by atoms with Crippen LogP contribution < -0.4 is 16.6 Å². The predicted octanol–water partition coefficient (Wildman–Crippen LogP) is 0.968. The van der Waals surface area contributed by atoms with Gasteiger partial charge < -0.3 is 20.8 Å². The van der Waals surface area contributed by atoms with Crippen molar-refractivity contribution in [2.75, 3.05) is 17.7 Å². The van der Waals surface area contributed by atoms with Gasteiger partial charge in [0, 0.05) is 18.1 Å². The lowest BCUT2D eigenvalue weighted by Crippen LogP contribution is -2.58. The topological polar surface area (TPSA) is 93.0 Å². The number of nitrogens with two attached hydrogens (primary N) is 1. The summed E-state index contributed by atoms with van der Waals surface area (Å²) < 4.78 is 5.66. The molecule has 1 aromatic heterocycles. The molecule has 0 saturated heterocycles. The van der Waals surface area contributed by atoms with Crippen LogP contribution in [0.15, 0.2) is 11.1 Å². The average Bonchev–Trinajstić information content (AvgIpc) is 2.33. The quantitative estimate of drug-likeness (QED) is 0.742. The summed E-state index contributed by atoms with van der Waals surface area (Å²) in [6.07, 6.45) is 2.49. The van der Waals surface area contributed by atoms with Gasteiger partial charge in [-0.25, -0.2) is 4.98 Å². The Balaban J connectivity index is 2.08. The average molecular weight is 252 g/mol. The fraction of sp³-hybridized carbons (Fsp3) is 0.667. The standard InChI is InChI=1S/C12H20N4O2/c1-4-18-8-5-7(12(8,2)3)16-10-9(13)11(17)15-6-14-10/h6-8H,4-5,13H2,1-3H3,(H2,14,15,16,17). The molecule has 0 spiro atoms. The molecule has 0 bridgehead atoms. The Labute approximate surface area is 106 Å². The van der Waals surface area contributed by atoms with Crippen molar-refractivity contribution in [3.05, 3.63) is 16.7 Å². The van der Waals surface area contributed by atoms with Gasteiger partial charge in [-0.05, 0) is 13.3 Å². The number of nitrogens with zero attached hydrogens (tertiary/aromatic N) is 1. The van der Waals surface area contributed by atoms with E-state index in [0.717, 1.165) is 6.42 Å². The van der Waals surface area contributed by atoms with Crippen LogP contribution in [-0.2, 0) is 4.74 Å². The number of anilines is 2. The fourth-order valence-electron chi connectivity index (χ4n) is 2.30. The number of hydrogen-bond donors (Lipinski definition) is 3. The maximum Gasteiger partial charge on any atom is 0.276 e. The van der Waals surface area contributed by atoms with Crippen LogP contribution in [0.1, 0.15) is 27.2 Å². The summed E-state index contributed by atoms with van der Waals surface area (Å²) in [5.74, 6) is 0.451. The monoisotopic (exact) mass is 252 g/mol. The highest BCUT2D eigenvalue weighted by Gasteiger charge is 2.49. The van der Waals surface area contributed by atoms with Crippen LogP contribution in [0, 0.1) is 5.41 Å². The number of hydrogen-bond acceptors (Lipinski definition) is 5. The van der Waals surface area contributed by atoms with Gasteiger partial charge in [-0.1, -0.05) is 13.8 Å². The number of rotatable bonds is 4. The lowest BCUT2D eigenvalue weighted by Gasteiger charge is -2.51. The summed E-state index contributed by atoms with van der Waals surface area (Å²) in [4.78, 5) is 17.9. The molecule has 1 saturated carbocycles. The zero-order chi connectivity index (χ0) is 13.3. The Hall–Kier alpha value is -1.56. The van der Waals surface area contributed by atoms with Gasteiger partial charge in [0.2, 0.25) is 0 Å². The minimum Gasteiger partial charge on any atom is -0.391 e. The minimum atomic E-state index is -0.314. The Bertz CT molecular complexity index is 483. The third-order valence-electron chi connectivity index (χ3n) is 3.75. The van der Waals surface area contributed by atoms with Crippen molar-refractivity contribution in [3.8, 4) is 0 Å². The molecule has 18 heavy (non-hydrogen) atoms. The Morgan fingerprint density at radius 3 is 3.00 bits per heavy atom. The highest BCUT2D eigenvalue weighted by atomic mass is 16.5. The van der Waals surface area contributed by atoms with Gasteiger partial charge in [0.15, 0.2) is 5.82 Å². The lowest BCUT2D eigenvalue weighted by atomic mass is 9.64. The second-order valence-corrected chi connectivity index (χ2v) is 5.19. The first-order valence-corrected chi connectivity index (χ1v) is 6.18. The predicted molar refractivity (Wildman–Crippen MR) is 70.5 cm³/mol. The molecule has 2 unspecified atom stereocenters. The molecule has 100 valence electrons. The molecule has 1 fully saturated rings. The number of aromatic nitrogens is 2. The van der Waals surface area contributed by atoms with Gasteiger partial charge in [0.25, 0.3) is 5.56 Å². The van der Waals surface area contributed by atoms with E-state index in [-0.39, 0.29) is 28.8 Å². The smallest absolute Gasteiger partial charge is 0.276 e. The molecular weight excluding hydrogens is 232 g/mol. The van der Waals surface area contributed by atoms with Crippen molar-refractivity contribution in [2.24, 2.45) is 5.41 Å². The first kappa shape index (κ1) is 12.9. The molecule has 0 aliphatic heterocycles. The van der Waals surface area contributed by atoms with Gasteiger partial charge in [-0.2, -0.15) is 0 Å². The van der Waals surface area contributed by atoms with E-state index in [1.807, 2.05) is 6.92 Å². The van der Waals surface area contributed by atoms with Crippen LogP contribution in [0.2, 0.25) is 0 Å². The van der Waals surface area contributed by atoms with Crippen LogP contribution in [-0.4, -0.2) is 28.7 Å². The number of nitrogens with one attached hydrogen (secondary N) is 2. The molecular formula is C12H20N4O2. The van der Waals surface area contributed by atoms with E-state index < -0.39 is 0 Å². The molecule has 2 rings (SSSR count). The van der Waals surface area contributed by atoms with Gasteiger partial charge in [-0.15, -0.1) is 0 Å². The van der Waals surface area contributed by atoms with Crippen molar-refractivity contribution in [1.82, 2.24) is 9.97 Å². The summed E-state index contributed by atoms with van der Waals surface area (Å²) in [6, 6.07) is 0.214. The van der Waals surface area contributed by atoms with E-state index in [9.17, 15) is 4.79 Å². The van der Waals surface area contributed by atoms with Crippen LogP contribution in [0.25, 0.3) is 0 Å². The van der Waals surface area contributed by atoms with E-state index >= 15 is 0 Å². The molecule has 0 radical (unpaired) electrons. The Morgan fingerprint density at radius 2 is 2.39 bits per heavy atom. The zero-order valence-electron chi connectivity index (χ0n) is 11.0. The SMILES string of the molecule is CCOC1CC(Nc2nc[nH]c(=O)c2N)C1(C)C. The third-order valence-corrected chi connectivity index (χ3v) is 3.75. The normalized spacial score (nSPS) is 25.5. The summed E-state index contributed by atoms with van der Waals surface area (Å²) in [7, 11) is 0. The van der Waals surface area contributed by atoms with Gasteiger partial charge in [0.1, 0.15) is 5.69 Å². The largest absolute Gasteiger partial charge is 0.391 e. The van der Waals surface area contributed by atoms with Crippen molar-refractivity contribution in [2.45, 2.75) is 39.3 Å². The molecule has 1 heterocycles. The molecule has 0 amide bonds. The maximum atomic E-state index is 11.4. The summed E-state index contributed by atoms with van der Waals surface area (Å²) in [5, 5.41) is 3.23. The van der Waals surface area contributed by atoms with Gasteiger partial charge in [0.05, 0.1) is 12.4 Å². The molecule has 1 aromatic rings. The zero-order valence-corrected chi connectivity index (χ0v) is 11.0. The first-order valence-electron chi connectivity index (χ1n) is 6.18. The van der Waals surface area contributed by atoms with E-state index in [4.69, 9.17) is 10.5 Å². The van der Waals surface area contributed by atoms with E-state index in [0.29, 0.717) is 12.4 Å². The number of nitrogen functional groups attached to an aromatic ring is 1. The summed E-state index contributed by atoms with van der Waals surface area (Å²) >= 11 is 0. The molecule has 6 heteroatoms. The molecule has 2 atom stereocenters. The summed E-state index contributed by atoms with van der Waals surface area (Å²) in [6.45, 7) is 6.98. The van der Waals surface area contributed by atoms with E-state index in [1.54, 1.807) is 0 Å². The molecule has 4 N–H and O–H groups in total. The van der Waals surface area contributed by atoms with E-state index in [2.05, 4.69) is 29.1 Å². The van der Waals surface area contributed by atoms with Crippen LogP contribution in [0.5, 0.6) is 0 Å². The van der Waals surface area contributed by atoms with Crippen LogP contribution in [0.3, 0.4) is 0 Å². The van der Waals surface area contributed by atoms with Crippen molar-refractivity contribution in [3.63, 3.8) is 0 Å². The summed E-state index contributed by atoms with van der Waals surface area (Å²) in [5.41, 5.74) is 5.52. The number of ether oxygens (including phenoxy) is 1. The number of H-pyrrole nitrogens is 1. The molecule has 0 aromatic carbocycles. The van der Waals surface area contributed by atoms with E-state index in [1.165, 1.54) is 6.33 Å². The van der Waals surface area contributed by atoms with Crippen molar-refractivity contribution >= 4 is 11.5 Å². The highest BCUT2D eigenvalue weighted by molar-refractivity contribution is 5.59. The van der Waals surface area contributed by atoms with Gasteiger partial charge in [-0.3, -0.25) is 4.79 Å². The second-order valence-electron chi connectivity index (χ2n) is 5.19. The lowest BCUT2D eigenvalue weighted by molar-refractivity contribution is -0.0976. The second kappa shape index (κ2) is 4.61. The van der Waals surface area contributed by atoms with Gasteiger partial charge >= 0.3 is 0 Å². The first-order chi connectivity index (χ1) is 8.46.